The molecular weight excluding hydrogens is 244 g/mol. The Morgan fingerprint density at radius 1 is 1.47 bits per heavy atom. The Morgan fingerprint density at radius 2 is 2.21 bits per heavy atom. The molecule has 2 N–H and O–H groups in total. The Morgan fingerprint density at radius 3 is 2.68 bits per heavy atom. The maximum absolute atomic E-state index is 12.1. The number of carbonyl (C=O) groups excluding carboxylic acids is 1. The van der Waals surface area contributed by atoms with Crippen molar-refractivity contribution < 1.29 is 14.7 Å². The number of hydrogen-bond donors (Lipinski definition) is 2. The van der Waals surface area contributed by atoms with Crippen LogP contribution in [0, 0.1) is 0 Å². The zero-order valence-corrected chi connectivity index (χ0v) is 11.8. The van der Waals surface area contributed by atoms with Crippen LogP contribution < -0.4 is 5.32 Å². The fourth-order valence-electron chi connectivity index (χ4n) is 2.35. The summed E-state index contributed by atoms with van der Waals surface area (Å²) >= 11 is 0. The van der Waals surface area contributed by atoms with Crippen LogP contribution in [0.3, 0.4) is 0 Å². The fourth-order valence-corrected chi connectivity index (χ4v) is 2.35. The monoisotopic (exact) mass is 268 g/mol. The summed E-state index contributed by atoms with van der Waals surface area (Å²) in [4.78, 5) is 24.9. The van der Waals surface area contributed by atoms with Crippen LogP contribution in [0.15, 0.2) is 11.8 Å². The van der Waals surface area contributed by atoms with Gasteiger partial charge in [0.05, 0.1) is 6.54 Å². The quantitative estimate of drug-likeness (QED) is 0.703. The van der Waals surface area contributed by atoms with E-state index in [4.69, 9.17) is 5.11 Å². The van der Waals surface area contributed by atoms with E-state index in [1.165, 1.54) is 0 Å². The largest absolute Gasteiger partial charge is 0.480 e. The number of rotatable bonds is 8. The minimum absolute atomic E-state index is 0.0435. The highest BCUT2D eigenvalue weighted by Gasteiger charge is 2.21. The number of hydrogen-bond acceptors (Lipinski definition) is 3. The molecule has 0 aromatic rings. The van der Waals surface area contributed by atoms with E-state index in [9.17, 15) is 9.59 Å². The number of nitrogens with zero attached hydrogens (tertiary/aromatic N) is 1. The van der Waals surface area contributed by atoms with Crippen LogP contribution in [0.4, 0.5) is 0 Å². The summed E-state index contributed by atoms with van der Waals surface area (Å²) in [6, 6.07) is -0.634. The second kappa shape index (κ2) is 7.94. The van der Waals surface area contributed by atoms with Crippen LogP contribution in [0.5, 0.6) is 0 Å². The molecule has 108 valence electrons. The number of nitrogens with one attached hydrogen (secondary N) is 1. The number of likely N-dealkylation sites (N-methyl/N-ethyl adjacent to an activating group) is 1. The van der Waals surface area contributed by atoms with Gasteiger partial charge in [0.2, 0.25) is 5.91 Å². The lowest BCUT2D eigenvalue weighted by molar-refractivity contribution is -0.139. The lowest BCUT2D eigenvalue weighted by atomic mass is 10.1. The van der Waals surface area contributed by atoms with Gasteiger partial charge in [-0.25, -0.2) is 0 Å². The summed E-state index contributed by atoms with van der Waals surface area (Å²) in [6.07, 6.45) is 6.48. The van der Waals surface area contributed by atoms with Crippen molar-refractivity contribution in [2.45, 2.75) is 52.0 Å². The number of carbonyl (C=O) groups is 2. The molecule has 0 spiro atoms. The van der Waals surface area contributed by atoms with Gasteiger partial charge >= 0.3 is 5.97 Å². The highest BCUT2D eigenvalue weighted by atomic mass is 16.4. The highest BCUT2D eigenvalue weighted by Crippen LogP contribution is 2.21. The molecule has 0 aromatic heterocycles. The molecule has 0 heterocycles. The van der Waals surface area contributed by atoms with E-state index in [-0.39, 0.29) is 12.5 Å². The first kappa shape index (κ1) is 15.7. The predicted octanol–water partition coefficient (Wildman–Crippen LogP) is 1.75. The molecular formula is C14H24N2O3. The van der Waals surface area contributed by atoms with Crippen molar-refractivity contribution in [1.29, 1.82) is 0 Å². The Bertz CT molecular complexity index is 353. The average molecular weight is 268 g/mol. The van der Waals surface area contributed by atoms with Gasteiger partial charge in [-0.2, -0.15) is 0 Å². The topological polar surface area (TPSA) is 69.6 Å². The summed E-state index contributed by atoms with van der Waals surface area (Å²) in [6.45, 7) is 4.60. The Balaban J connectivity index is 2.50. The van der Waals surface area contributed by atoms with E-state index in [1.807, 2.05) is 13.8 Å². The summed E-state index contributed by atoms with van der Waals surface area (Å²) in [5.74, 6) is -0.934. The first-order valence-corrected chi connectivity index (χ1v) is 7.05. The van der Waals surface area contributed by atoms with Crippen molar-refractivity contribution in [2.24, 2.45) is 0 Å². The lowest BCUT2D eigenvalue weighted by Crippen LogP contribution is -2.44. The van der Waals surface area contributed by atoms with Gasteiger partial charge in [-0.3, -0.25) is 14.9 Å². The Hall–Kier alpha value is -1.36. The molecule has 1 aliphatic rings. The number of carboxylic acid groups (broad SMARTS) is 1. The van der Waals surface area contributed by atoms with Crippen molar-refractivity contribution >= 4 is 11.9 Å². The van der Waals surface area contributed by atoms with Gasteiger partial charge in [-0.1, -0.05) is 19.4 Å². The van der Waals surface area contributed by atoms with E-state index in [0.29, 0.717) is 13.0 Å². The van der Waals surface area contributed by atoms with E-state index >= 15 is 0 Å². The molecule has 0 aromatic carbocycles. The molecule has 0 aliphatic heterocycles. The third-order valence-electron chi connectivity index (χ3n) is 3.36. The molecule has 1 atom stereocenters. The van der Waals surface area contributed by atoms with Crippen LogP contribution >= 0.6 is 0 Å². The zero-order chi connectivity index (χ0) is 14.3. The number of aliphatic carboxylic acids is 1. The minimum atomic E-state index is -0.891. The first-order chi connectivity index (χ1) is 9.10. The maximum Gasteiger partial charge on any atom is 0.320 e. The Labute approximate surface area is 114 Å². The maximum atomic E-state index is 12.1. The molecule has 1 unspecified atom stereocenters. The van der Waals surface area contributed by atoms with E-state index in [2.05, 4.69) is 11.4 Å². The average Bonchev–Trinajstić information content (AvgIpc) is 2.88. The van der Waals surface area contributed by atoms with Crippen molar-refractivity contribution in [2.75, 3.05) is 13.1 Å². The van der Waals surface area contributed by atoms with E-state index in [1.54, 1.807) is 4.90 Å². The SMILES string of the molecule is CCCC(NCC(=O)N(CC)C1=CCCC1)C(=O)O. The van der Waals surface area contributed by atoms with Crippen molar-refractivity contribution in [1.82, 2.24) is 10.2 Å². The molecule has 0 saturated carbocycles. The number of carboxylic acids is 1. The van der Waals surface area contributed by atoms with Crippen LogP contribution in [0.2, 0.25) is 0 Å². The molecule has 0 saturated heterocycles. The van der Waals surface area contributed by atoms with Crippen molar-refractivity contribution in [3.8, 4) is 0 Å². The second-order valence-corrected chi connectivity index (χ2v) is 4.79. The van der Waals surface area contributed by atoms with Gasteiger partial charge in [0.15, 0.2) is 0 Å². The first-order valence-electron chi connectivity index (χ1n) is 7.05. The molecule has 1 amide bonds. The van der Waals surface area contributed by atoms with Crippen LogP contribution in [0.25, 0.3) is 0 Å². The predicted molar refractivity (Wildman–Crippen MR) is 73.7 cm³/mol. The van der Waals surface area contributed by atoms with Gasteiger partial charge in [-0.05, 0) is 32.6 Å². The number of allylic oxidation sites excluding steroid dienone is 2. The van der Waals surface area contributed by atoms with Gasteiger partial charge in [0.1, 0.15) is 6.04 Å². The van der Waals surface area contributed by atoms with Gasteiger partial charge < -0.3 is 10.0 Å². The molecule has 0 bridgehead atoms. The van der Waals surface area contributed by atoms with Crippen LogP contribution in [-0.2, 0) is 9.59 Å². The van der Waals surface area contributed by atoms with Crippen LogP contribution in [0.1, 0.15) is 46.0 Å². The van der Waals surface area contributed by atoms with Crippen LogP contribution in [-0.4, -0.2) is 41.0 Å². The summed E-state index contributed by atoms with van der Waals surface area (Å²) < 4.78 is 0. The molecule has 19 heavy (non-hydrogen) atoms. The third-order valence-corrected chi connectivity index (χ3v) is 3.36. The van der Waals surface area contributed by atoms with E-state index in [0.717, 1.165) is 31.4 Å². The Kier molecular flexibility index (Phi) is 6.56. The van der Waals surface area contributed by atoms with Crippen molar-refractivity contribution in [3.05, 3.63) is 11.8 Å². The lowest BCUT2D eigenvalue weighted by Gasteiger charge is -2.23. The molecule has 5 heteroatoms. The highest BCUT2D eigenvalue weighted by molar-refractivity contribution is 5.81. The van der Waals surface area contributed by atoms with Gasteiger partial charge in [0.25, 0.3) is 0 Å². The zero-order valence-electron chi connectivity index (χ0n) is 11.8. The van der Waals surface area contributed by atoms with Gasteiger partial charge in [-0.15, -0.1) is 0 Å². The normalized spacial score (nSPS) is 16.0. The molecule has 5 nitrogen and oxygen atoms in total. The molecule has 1 rings (SSSR count). The fraction of sp³-hybridized carbons (Fsp3) is 0.714. The summed E-state index contributed by atoms with van der Waals surface area (Å²) in [5, 5.41) is 11.9. The number of amides is 1. The van der Waals surface area contributed by atoms with Gasteiger partial charge in [0, 0.05) is 12.2 Å². The third kappa shape index (κ3) is 4.67. The molecule has 0 fully saturated rings. The molecule has 1 aliphatic carbocycles. The smallest absolute Gasteiger partial charge is 0.320 e. The summed E-state index contributed by atoms with van der Waals surface area (Å²) in [7, 11) is 0. The standard InChI is InChI=1S/C14H24N2O3/c1-3-7-12(14(18)19)15-10-13(17)16(4-2)11-8-5-6-9-11/h8,12,15H,3-7,9-10H2,1-2H3,(H,18,19). The van der Waals surface area contributed by atoms with E-state index < -0.39 is 12.0 Å². The molecule has 0 radical (unpaired) electrons. The minimum Gasteiger partial charge on any atom is -0.480 e. The summed E-state index contributed by atoms with van der Waals surface area (Å²) in [5.41, 5.74) is 1.08. The van der Waals surface area contributed by atoms with Crippen molar-refractivity contribution in [3.63, 3.8) is 0 Å². The second-order valence-electron chi connectivity index (χ2n) is 4.79.